The summed E-state index contributed by atoms with van der Waals surface area (Å²) >= 11 is 0. The van der Waals surface area contributed by atoms with Gasteiger partial charge in [-0.3, -0.25) is 0 Å². The summed E-state index contributed by atoms with van der Waals surface area (Å²) in [6, 6.07) is 10.6. The lowest BCUT2D eigenvalue weighted by atomic mass is 10.0. The fourth-order valence-electron chi connectivity index (χ4n) is 1.80. The molecule has 2 aromatic carbocycles. The number of methoxy groups -OCH3 is 1. The Morgan fingerprint density at radius 3 is 2.35 bits per heavy atom. The van der Waals surface area contributed by atoms with E-state index in [1.54, 1.807) is 24.3 Å². The van der Waals surface area contributed by atoms with E-state index in [1.807, 2.05) is 0 Å². The van der Waals surface area contributed by atoms with Gasteiger partial charge in [0.1, 0.15) is 11.5 Å². The van der Waals surface area contributed by atoms with Crippen LogP contribution in [0.2, 0.25) is 0 Å². The molecule has 20 heavy (non-hydrogen) atoms. The second kappa shape index (κ2) is 5.32. The molecule has 0 bridgehead atoms. The number of benzene rings is 2. The van der Waals surface area contributed by atoms with Crippen molar-refractivity contribution in [1.29, 1.82) is 0 Å². The summed E-state index contributed by atoms with van der Waals surface area (Å²) in [6.45, 7) is 0. The Morgan fingerprint density at radius 2 is 1.70 bits per heavy atom. The Balaban J connectivity index is 2.52. The zero-order valence-corrected chi connectivity index (χ0v) is 10.6. The van der Waals surface area contributed by atoms with E-state index < -0.39 is 6.36 Å². The Kier molecular flexibility index (Phi) is 3.74. The summed E-state index contributed by atoms with van der Waals surface area (Å²) in [5, 5.41) is 0. The van der Waals surface area contributed by atoms with E-state index >= 15 is 0 Å². The topological polar surface area (TPSA) is 44.5 Å². The fourth-order valence-corrected chi connectivity index (χ4v) is 1.80. The van der Waals surface area contributed by atoms with Crippen LogP contribution in [0.5, 0.6) is 11.5 Å². The van der Waals surface area contributed by atoms with E-state index in [0.717, 1.165) is 0 Å². The third-order valence-corrected chi connectivity index (χ3v) is 2.66. The average molecular weight is 283 g/mol. The molecule has 106 valence electrons. The summed E-state index contributed by atoms with van der Waals surface area (Å²) in [5.74, 6) is 0.191. The van der Waals surface area contributed by atoms with Crippen LogP contribution in [0, 0.1) is 0 Å². The molecule has 0 spiro atoms. The summed E-state index contributed by atoms with van der Waals surface area (Å²) in [6.07, 6.45) is -4.76. The predicted molar refractivity (Wildman–Crippen MR) is 69.5 cm³/mol. The maximum absolute atomic E-state index is 12.4. The number of hydrogen-bond donors (Lipinski definition) is 1. The van der Waals surface area contributed by atoms with Gasteiger partial charge in [-0.25, -0.2) is 0 Å². The van der Waals surface area contributed by atoms with Crippen LogP contribution in [-0.4, -0.2) is 13.5 Å². The molecule has 0 fully saturated rings. The number of ether oxygens (including phenoxy) is 2. The molecule has 0 heterocycles. The number of anilines is 1. The first-order valence-corrected chi connectivity index (χ1v) is 5.69. The molecule has 0 atom stereocenters. The van der Waals surface area contributed by atoms with Crippen LogP contribution in [-0.2, 0) is 0 Å². The number of nitrogen functional groups attached to an aromatic ring is 1. The molecular formula is C14H12F3NO2. The molecule has 2 rings (SSSR count). The third-order valence-electron chi connectivity index (χ3n) is 2.66. The molecule has 0 saturated heterocycles. The zero-order chi connectivity index (χ0) is 14.8. The first-order chi connectivity index (χ1) is 9.40. The molecule has 2 N–H and O–H groups in total. The van der Waals surface area contributed by atoms with Crippen LogP contribution < -0.4 is 15.2 Å². The first kappa shape index (κ1) is 14.0. The van der Waals surface area contributed by atoms with Crippen LogP contribution in [0.4, 0.5) is 18.9 Å². The number of alkyl halides is 3. The van der Waals surface area contributed by atoms with E-state index in [1.165, 1.54) is 25.3 Å². The number of hydrogen-bond acceptors (Lipinski definition) is 3. The maximum Gasteiger partial charge on any atom is 0.573 e. The minimum absolute atomic E-state index is 0.251. The highest BCUT2D eigenvalue weighted by Gasteiger charge is 2.32. The molecule has 0 amide bonds. The number of nitrogens with two attached hydrogens (primary N) is 1. The smallest absolute Gasteiger partial charge is 0.497 e. The van der Waals surface area contributed by atoms with E-state index in [4.69, 9.17) is 10.5 Å². The van der Waals surface area contributed by atoms with Crippen molar-refractivity contribution in [1.82, 2.24) is 0 Å². The SMILES string of the molecule is COc1ccc(N)c(-c2ccccc2OC(F)(F)F)c1. The second-order valence-electron chi connectivity index (χ2n) is 4.00. The Bertz CT molecular complexity index is 612. The van der Waals surface area contributed by atoms with Gasteiger partial charge in [0, 0.05) is 16.8 Å². The van der Waals surface area contributed by atoms with Gasteiger partial charge < -0.3 is 15.2 Å². The van der Waals surface area contributed by atoms with Gasteiger partial charge in [0.2, 0.25) is 0 Å². The van der Waals surface area contributed by atoms with Gasteiger partial charge in [-0.2, -0.15) is 0 Å². The zero-order valence-electron chi connectivity index (χ0n) is 10.6. The maximum atomic E-state index is 12.4. The van der Waals surface area contributed by atoms with Crippen LogP contribution in [0.1, 0.15) is 0 Å². The molecule has 0 aliphatic carbocycles. The Hall–Kier alpha value is -2.37. The lowest BCUT2D eigenvalue weighted by Gasteiger charge is -2.15. The second-order valence-corrected chi connectivity index (χ2v) is 4.00. The van der Waals surface area contributed by atoms with Crippen molar-refractivity contribution in [3.05, 3.63) is 42.5 Å². The van der Waals surface area contributed by atoms with Gasteiger partial charge in [0.15, 0.2) is 0 Å². The van der Waals surface area contributed by atoms with Crippen molar-refractivity contribution in [3.8, 4) is 22.6 Å². The fraction of sp³-hybridized carbons (Fsp3) is 0.143. The monoisotopic (exact) mass is 283 g/mol. The molecule has 0 saturated carbocycles. The van der Waals surface area contributed by atoms with Crippen LogP contribution in [0.15, 0.2) is 42.5 Å². The highest BCUT2D eigenvalue weighted by Crippen LogP contribution is 2.38. The normalized spacial score (nSPS) is 11.2. The molecule has 6 heteroatoms. The number of rotatable bonds is 3. The highest BCUT2D eigenvalue weighted by atomic mass is 19.4. The largest absolute Gasteiger partial charge is 0.573 e. The first-order valence-electron chi connectivity index (χ1n) is 5.69. The molecule has 0 aromatic heterocycles. The minimum atomic E-state index is -4.76. The lowest BCUT2D eigenvalue weighted by molar-refractivity contribution is -0.274. The van der Waals surface area contributed by atoms with Gasteiger partial charge in [-0.15, -0.1) is 13.2 Å². The van der Waals surface area contributed by atoms with Crippen molar-refractivity contribution < 1.29 is 22.6 Å². The number of para-hydroxylation sites is 1. The van der Waals surface area contributed by atoms with Gasteiger partial charge >= 0.3 is 6.36 Å². The third kappa shape index (κ3) is 3.14. The van der Waals surface area contributed by atoms with Crippen molar-refractivity contribution in [3.63, 3.8) is 0 Å². The highest BCUT2D eigenvalue weighted by molar-refractivity contribution is 5.81. The Morgan fingerprint density at radius 1 is 1.00 bits per heavy atom. The van der Waals surface area contributed by atoms with Crippen molar-refractivity contribution >= 4 is 5.69 Å². The van der Waals surface area contributed by atoms with E-state index in [-0.39, 0.29) is 11.3 Å². The molecule has 0 radical (unpaired) electrons. The molecular weight excluding hydrogens is 271 g/mol. The van der Waals surface area contributed by atoms with Gasteiger partial charge in [0.25, 0.3) is 0 Å². The molecule has 3 nitrogen and oxygen atoms in total. The molecule has 0 aliphatic rings. The van der Waals surface area contributed by atoms with Crippen molar-refractivity contribution in [2.75, 3.05) is 12.8 Å². The van der Waals surface area contributed by atoms with E-state index in [2.05, 4.69) is 4.74 Å². The van der Waals surface area contributed by atoms with Crippen LogP contribution >= 0.6 is 0 Å². The number of halogens is 3. The quantitative estimate of drug-likeness (QED) is 0.870. The van der Waals surface area contributed by atoms with Gasteiger partial charge in [-0.05, 0) is 24.3 Å². The predicted octanol–water partition coefficient (Wildman–Crippen LogP) is 3.84. The summed E-state index contributed by atoms with van der Waals surface area (Å²) in [4.78, 5) is 0. The van der Waals surface area contributed by atoms with Crippen molar-refractivity contribution in [2.24, 2.45) is 0 Å². The molecule has 0 unspecified atom stereocenters. The van der Waals surface area contributed by atoms with Crippen molar-refractivity contribution in [2.45, 2.75) is 6.36 Å². The Labute approximate surface area is 113 Å². The standard InChI is InChI=1S/C14H12F3NO2/c1-19-9-6-7-12(18)11(8-9)10-4-2-3-5-13(10)20-14(15,16)17/h2-8H,18H2,1H3. The summed E-state index contributed by atoms with van der Waals surface area (Å²) < 4.78 is 46.3. The van der Waals surface area contributed by atoms with Gasteiger partial charge in [0.05, 0.1) is 7.11 Å². The van der Waals surface area contributed by atoms with E-state index in [9.17, 15) is 13.2 Å². The molecule has 0 aliphatic heterocycles. The van der Waals surface area contributed by atoms with Crippen LogP contribution in [0.25, 0.3) is 11.1 Å². The lowest BCUT2D eigenvalue weighted by Crippen LogP contribution is -2.17. The average Bonchev–Trinajstić information content (AvgIpc) is 2.38. The summed E-state index contributed by atoms with van der Waals surface area (Å²) in [5.41, 5.74) is 6.83. The van der Waals surface area contributed by atoms with E-state index in [0.29, 0.717) is 17.0 Å². The minimum Gasteiger partial charge on any atom is -0.497 e. The van der Waals surface area contributed by atoms with Gasteiger partial charge in [-0.1, -0.05) is 18.2 Å². The molecule has 2 aromatic rings. The van der Waals surface area contributed by atoms with Crippen LogP contribution in [0.3, 0.4) is 0 Å². The summed E-state index contributed by atoms with van der Waals surface area (Å²) in [7, 11) is 1.47.